The third-order valence-corrected chi connectivity index (χ3v) is 3.08. The summed E-state index contributed by atoms with van der Waals surface area (Å²) in [6.45, 7) is 5.43. The van der Waals surface area contributed by atoms with Gasteiger partial charge in [-0.1, -0.05) is 29.8 Å². The molecule has 1 aromatic heterocycles. The Morgan fingerprint density at radius 3 is 2.74 bits per heavy atom. The summed E-state index contributed by atoms with van der Waals surface area (Å²) in [5.74, 6) is 1.46. The molecule has 5 heteroatoms. The third kappa shape index (κ3) is 3.58. The normalized spacial score (nSPS) is 10.3. The van der Waals surface area contributed by atoms with E-state index in [4.69, 9.17) is 11.6 Å². The molecule has 0 saturated carbocycles. The van der Waals surface area contributed by atoms with Gasteiger partial charge in [-0.3, -0.25) is 0 Å². The van der Waals surface area contributed by atoms with Crippen LogP contribution in [-0.4, -0.2) is 16.5 Å². The molecule has 2 N–H and O–H groups in total. The molecule has 2 aromatic rings. The van der Waals surface area contributed by atoms with Crippen LogP contribution in [0.15, 0.2) is 30.5 Å². The molecule has 0 saturated heterocycles. The summed E-state index contributed by atoms with van der Waals surface area (Å²) in [5.41, 5.74) is 2.06. The van der Waals surface area contributed by atoms with Gasteiger partial charge in [-0.05, 0) is 25.5 Å². The molecule has 0 spiro atoms. The van der Waals surface area contributed by atoms with Crippen molar-refractivity contribution < 1.29 is 0 Å². The number of halogens is 1. The van der Waals surface area contributed by atoms with E-state index in [1.165, 1.54) is 0 Å². The highest BCUT2D eigenvalue weighted by molar-refractivity contribution is 6.31. The zero-order valence-corrected chi connectivity index (χ0v) is 11.8. The lowest BCUT2D eigenvalue weighted by molar-refractivity contribution is 1.04. The van der Waals surface area contributed by atoms with Crippen molar-refractivity contribution in [3.63, 3.8) is 0 Å². The molecular weight excluding hydrogens is 260 g/mol. The molecule has 0 bridgehead atoms. The van der Waals surface area contributed by atoms with Gasteiger partial charge in [0.2, 0.25) is 5.95 Å². The summed E-state index contributed by atoms with van der Waals surface area (Å²) in [6, 6.07) is 7.78. The summed E-state index contributed by atoms with van der Waals surface area (Å²) in [6.07, 6.45) is 1.81. The zero-order valence-electron chi connectivity index (χ0n) is 11.1. The molecule has 0 radical (unpaired) electrons. The van der Waals surface area contributed by atoms with E-state index in [9.17, 15) is 0 Å². The summed E-state index contributed by atoms with van der Waals surface area (Å²) in [4.78, 5) is 8.64. The zero-order chi connectivity index (χ0) is 13.7. The minimum Gasteiger partial charge on any atom is -0.366 e. The van der Waals surface area contributed by atoms with Crippen molar-refractivity contribution in [1.29, 1.82) is 0 Å². The van der Waals surface area contributed by atoms with E-state index in [0.717, 1.165) is 28.5 Å². The Hall–Kier alpha value is -1.81. The molecule has 1 aromatic carbocycles. The fourth-order valence-electron chi connectivity index (χ4n) is 1.68. The average molecular weight is 277 g/mol. The largest absolute Gasteiger partial charge is 0.366 e. The highest BCUT2D eigenvalue weighted by Crippen LogP contribution is 2.18. The smallest absolute Gasteiger partial charge is 0.224 e. The summed E-state index contributed by atoms with van der Waals surface area (Å²) in [7, 11) is 0. The molecule has 0 aliphatic carbocycles. The van der Waals surface area contributed by atoms with Crippen LogP contribution in [0.3, 0.4) is 0 Å². The van der Waals surface area contributed by atoms with Crippen molar-refractivity contribution in [3.05, 3.63) is 46.6 Å². The van der Waals surface area contributed by atoms with E-state index in [-0.39, 0.29) is 0 Å². The van der Waals surface area contributed by atoms with Crippen LogP contribution >= 0.6 is 11.6 Å². The summed E-state index contributed by atoms with van der Waals surface area (Å²) < 4.78 is 0. The van der Waals surface area contributed by atoms with Crippen LogP contribution in [0.25, 0.3) is 0 Å². The van der Waals surface area contributed by atoms with Crippen LogP contribution in [0.5, 0.6) is 0 Å². The van der Waals surface area contributed by atoms with Crippen molar-refractivity contribution in [2.75, 3.05) is 17.2 Å². The number of nitrogens with zero attached hydrogens (tertiary/aromatic N) is 2. The second-order valence-corrected chi connectivity index (χ2v) is 4.61. The molecule has 1 heterocycles. The minimum atomic E-state index is 0.634. The third-order valence-electron chi connectivity index (χ3n) is 2.71. The average Bonchev–Trinajstić information content (AvgIpc) is 2.41. The standard InChI is InChI=1S/C14H17ClN4/c1-3-16-14-18-8-10(2)13(19-14)17-9-11-6-4-5-7-12(11)15/h4-8H,3,9H2,1-2H3,(H2,16,17,18,19). The molecule has 0 aliphatic heterocycles. The highest BCUT2D eigenvalue weighted by Gasteiger charge is 2.04. The molecule has 100 valence electrons. The lowest BCUT2D eigenvalue weighted by Crippen LogP contribution is -2.08. The quantitative estimate of drug-likeness (QED) is 0.878. The number of nitrogens with one attached hydrogen (secondary N) is 2. The van der Waals surface area contributed by atoms with Crippen molar-refractivity contribution >= 4 is 23.4 Å². The van der Waals surface area contributed by atoms with E-state index in [2.05, 4.69) is 20.6 Å². The highest BCUT2D eigenvalue weighted by atomic mass is 35.5. The van der Waals surface area contributed by atoms with Crippen molar-refractivity contribution in [2.45, 2.75) is 20.4 Å². The first-order valence-electron chi connectivity index (χ1n) is 6.25. The first kappa shape index (κ1) is 13.6. The fraction of sp³-hybridized carbons (Fsp3) is 0.286. The molecular formula is C14H17ClN4. The second kappa shape index (κ2) is 6.38. The predicted molar refractivity (Wildman–Crippen MR) is 79.7 cm³/mol. The maximum atomic E-state index is 6.13. The topological polar surface area (TPSA) is 49.8 Å². The van der Waals surface area contributed by atoms with Crippen LogP contribution < -0.4 is 10.6 Å². The van der Waals surface area contributed by atoms with E-state index in [1.54, 1.807) is 6.20 Å². The van der Waals surface area contributed by atoms with Gasteiger partial charge >= 0.3 is 0 Å². The van der Waals surface area contributed by atoms with Crippen molar-refractivity contribution in [2.24, 2.45) is 0 Å². The Labute approximate surface area is 118 Å². The predicted octanol–water partition coefficient (Wildman–Crippen LogP) is 3.48. The van der Waals surface area contributed by atoms with Crippen LogP contribution in [-0.2, 0) is 6.54 Å². The maximum absolute atomic E-state index is 6.13. The van der Waals surface area contributed by atoms with Gasteiger partial charge < -0.3 is 10.6 Å². The Balaban J connectivity index is 2.10. The number of aromatic nitrogens is 2. The Kier molecular flexibility index (Phi) is 4.58. The van der Waals surface area contributed by atoms with Gasteiger partial charge in [-0.25, -0.2) is 4.98 Å². The van der Waals surface area contributed by atoms with Gasteiger partial charge in [0, 0.05) is 29.9 Å². The summed E-state index contributed by atoms with van der Waals surface area (Å²) >= 11 is 6.13. The van der Waals surface area contributed by atoms with Gasteiger partial charge in [-0.15, -0.1) is 0 Å². The molecule has 0 atom stereocenters. The van der Waals surface area contributed by atoms with Crippen LogP contribution in [0.2, 0.25) is 5.02 Å². The van der Waals surface area contributed by atoms with Gasteiger partial charge in [0.25, 0.3) is 0 Å². The van der Waals surface area contributed by atoms with Crippen LogP contribution in [0.1, 0.15) is 18.1 Å². The second-order valence-electron chi connectivity index (χ2n) is 4.20. The number of anilines is 2. The van der Waals surface area contributed by atoms with Crippen molar-refractivity contribution in [1.82, 2.24) is 9.97 Å². The Bertz CT molecular complexity index is 557. The summed E-state index contributed by atoms with van der Waals surface area (Å²) in [5, 5.41) is 7.15. The number of aryl methyl sites for hydroxylation is 1. The first-order valence-corrected chi connectivity index (χ1v) is 6.63. The van der Waals surface area contributed by atoms with E-state index in [1.807, 2.05) is 38.1 Å². The van der Waals surface area contributed by atoms with E-state index in [0.29, 0.717) is 12.5 Å². The number of benzene rings is 1. The Morgan fingerprint density at radius 2 is 2.00 bits per heavy atom. The molecule has 2 rings (SSSR count). The molecule has 0 aliphatic rings. The maximum Gasteiger partial charge on any atom is 0.224 e. The molecule has 0 unspecified atom stereocenters. The number of rotatable bonds is 5. The van der Waals surface area contributed by atoms with Gasteiger partial charge in [0.05, 0.1) is 0 Å². The van der Waals surface area contributed by atoms with Crippen LogP contribution in [0, 0.1) is 6.92 Å². The first-order chi connectivity index (χ1) is 9.20. The minimum absolute atomic E-state index is 0.634. The lowest BCUT2D eigenvalue weighted by atomic mass is 10.2. The van der Waals surface area contributed by atoms with Gasteiger partial charge in [-0.2, -0.15) is 4.98 Å². The molecule has 19 heavy (non-hydrogen) atoms. The van der Waals surface area contributed by atoms with Crippen LogP contribution in [0.4, 0.5) is 11.8 Å². The SMILES string of the molecule is CCNc1ncc(C)c(NCc2ccccc2Cl)n1. The molecule has 0 fully saturated rings. The lowest BCUT2D eigenvalue weighted by Gasteiger charge is -2.11. The van der Waals surface area contributed by atoms with E-state index < -0.39 is 0 Å². The molecule has 0 amide bonds. The monoisotopic (exact) mass is 276 g/mol. The number of hydrogen-bond donors (Lipinski definition) is 2. The van der Waals surface area contributed by atoms with Gasteiger partial charge in [0.1, 0.15) is 5.82 Å². The van der Waals surface area contributed by atoms with Crippen molar-refractivity contribution in [3.8, 4) is 0 Å². The van der Waals surface area contributed by atoms with Gasteiger partial charge in [0.15, 0.2) is 0 Å². The van der Waals surface area contributed by atoms with E-state index >= 15 is 0 Å². The molecule has 4 nitrogen and oxygen atoms in total. The number of hydrogen-bond acceptors (Lipinski definition) is 4. The fourth-order valence-corrected chi connectivity index (χ4v) is 1.89. The Morgan fingerprint density at radius 1 is 1.21 bits per heavy atom.